The van der Waals surface area contributed by atoms with E-state index in [-0.39, 0.29) is 11.9 Å². The maximum atomic E-state index is 8.86. The lowest BCUT2D eigenvalue weighted by molar-refractivity contribution is 0.127. The Bertz CT molecular complexity index is 467. The Balaban J connectivity index is 2.30. The van der Waals surface area contributed by atoms with Gasteiger partial charge in [0, 0.05) is 26.8 Å². The standard InChI is InChI=1S/C12H15BrN2O2S/c1-7-9(5-6-17-7)18-10-4-2-3-8(13)11(10)12(14)15-16/h2-4,7,9,16H,5-6H2,1H3,(H2,14,15). The van der Waals surface area contributed by atoms with Crippen LogP contribution in [0.2, 0.25) is 0 Å². The number of hydrogen-bond acceptors (Lipinski definition) is 4. The van der Waals surface area contributed by atoms with Crippen molar-refractivity contribution < 1.29 is 9.94 Å². The Labute approximate surface area is 119 Å². The highest BCUT2D eigenvalue weighted by atomic mass is 79.9. The average Bonchev–Trinajstić information content (AvgIpc) is 2.74. The molecule has 0 bridgehead atoms. The number of hydrogen-bond donors (Lipinski definition) is 2. The molecule has 18 heavy (non-hydrogen) atoms. The SMILES string of the molecule is CC1OCCC1Sc1cccc(Br)c1/C(N)=N/O. The minimum absolute atomic E-state index is 0.122. The van der Waals surface area contributed by atoms with Crippen molar-refractivity contribution in [3.05, 3.63) is 28.2 Å². The van der Waals surface area contributed by atoms with E-state index >= 15 is 0 Å². The number of benzene rings is 1. The van der Waals surface area contributed by atoms with E-state index in [9.17, 15) is 0 Å². The summed E-state index contributed by atoms with van der Waals surface area (Å²) < 4.78 is 6.38. The van der Waals surface area contributed by atoms with Gasteiger partial charge in [-0.2, -0.15) is 0 Å². The van der Waals surface area contributed by atoms with E-state index in [2.05, 4.69) is 28.0 Å². The molecule has 0 spiro atoms. The summed E-state index contributed by atoms with van der Waals surface area (Å²) >= 11 is 5.15. The largest absolute Gasteiger partial charge is 0.409 e. The molecule has 0 amide bonds. The zero-order chi connectivity index (χ0) is 13.1. The normalized spacial score (nSPS) is 24.4. The molecule has 0 saturated carbocycles. The van der Waals surface area contributed by atoms with Gasteiger partial charge in [-0.25, -0.2) is 0 Å². The summed E-state index contributed by atoms with van der Waals surface area (Å²) in [4.78, 5) is 1.00. The zero-order valence-corrected chi connectivity index (χ0v) is 12.4. The smallest absolute Gasteiger partial charge is 0.172 e. The maximum absolute atomic E-state index is 8.86. The van der Waals surface area contributed by atoms with Crippen molar-refractivity contribution in [1.82, 2.24) is 0 Å². The summed E-state index contributed by atoms with van der Waals surface area (Å²) in [6, 6.07) is 5.81. The Morgan fingerprint density at radius 1 is 1.61 bits per heavy atom. The van der Waals surface area contributed by atoms with E-state index < -0.39 is 0 Å². The summed E-state index contributed by atoms with van der Waals surface area (Å²) in [6.45, 7) is 2.87. The first-order valence-electron chi connectivity index (χ1n) is 5.68. The van der Waals surface area contributed by atoms with Gasteiger partial charge in [-0.05, 0) is 41.4 Å². The topological polar surface area (TPSA) is 67.8 Å². The van der Waals surface area contributed by atoms with Crippen molar-refractivity contribution in [3.8, 4) is 0 Å². The molecular formula is C12H15BrN2O2S. The van der Waals surface area contributed by atoms with Crippen molar-refractivity contribution in [2.45, 2.75) is 29.6 Å². The van der Waals surface area contributed by atoms with Crippen molar-refractivity contribution in [2.75, 3.05) is 6.61 Å². The summed E-state index contributed by atoms with van der Waals surface area (Å²) in [7, 11) is 0. The Morgan fingerprint density at radius 2 is 2.39 bits per heavy atom. The van der Waals surface area contributed by atoms with Crippen LogP contribution in [-0.2, 0) is 4.74 Å². The minimum Gasteiger partial charge on any atom is -0.409 e. The molecule has 1 aromatic carbocycles. The molecule has 1 saturated heterocycles. The van der Waals surface area contributed by atoms with Gasteiger partial charge in [0.1, 0.15) is 0 Å². The summed E-state index contributed by atoms with van der Waals surface area (Å²) in [5, 5.41) is 12.4. The number of oxime groups is 1. The van der Waals surface area contributed by atoms with E-state index in [0.29, 0.717) is 5.25 Å². The van der Waals surface area contributed by atoms with Gasteiger partial charge in [-0.3, -0.25) is 0 Å². The number of nitrogens with zero attached hydrogens (tertiary/aromatic N) is 1. The molecular weight excluding hydrogens is 316 g/mol. The van der Waals surface area contributed by atoms with Crippen LogP contribution < -0.4 is 5.73 Å². The molecule has 3 N–H and O–H groups in total. The molecule has 6 heteroatoms. The first-order valence-corrected chi connectivity index (χ1v) is 7.35. The average molecular weight is 331 g/mol. The van der Waals surface area contributed by atoms with Gasteiger partial charge in [-0.1, -0.05) is 11.2 Å². The van der Waals surface area contributed by atoms with E-state index in [4.69, 9.17) is 15.7 Å². The van der Waals surface area contributed by atoms with Crippen LogP contribution in [-0.4, -0.2) is 29.0 Å². The molecule has 2 rings (SSSR count). The second-order valence-corrected chi connectivity index (χ2v) is 6.25. The fraction of sp³-hybridized carbons (Fsp3) is 0.417. The van der Waals surface area contributed by atoms with E-state index in [0.717, 1.165) is 28.0 Å². The number of thioether (sulfide) groups is 1. The van der Waals surface area contributed by atoms with Crippen LogP contribution in [0.5, 0.6) is 0 Å². The van der Waals surface area contributed by atoms with Crippen molar-refractivity contribution >= 4 is 33.5 Å². The lowest BCUT2D eigenvalue weighted by Crippen LogP contribution is -2.17. The number of amidine groups is 1. The molecule has 1 aromatic rings. The Kier molecular flexibility index (Phi) is 4.53. The molecule has 0 aliphatic carbocycles. The molecule has 2 atom stereocenters. The van der Waals surface area contributed by atoms with Gasteiger partial charge in [0.2, 0.25) is 0 Å². The van der Waals surface area contributed by atoms with Crippen LogP contribution in [0.25, 0.3) is 0 Å². The Morgan fingerprint density at radius 3 is 3.00 bits per heavy atom. The van der Waals surface area contributed by atoms with E-state index in [1.807, 2.05) is 18.2 Å². The molecule has 0 aromatic heterocycles. The van der Waals surface area contributed by atoms with Gasteiger partial charge in [0.25, 0.3) is 0 Å². The second-order valence-electron chi connectivity index (χ2n) is 4.12. The molecule has 4 nitrogen and oxygen atoms in total. The van der Waals surface area contributed by atoms with Crippen molar-refractivity contribution in [3.63, 3.8) is 0 Å². The lowest BCUT2D eigenvalue weighted by Gasteiger charge is -2.16. The Hall–Kier alpha value is -0.720. The van der Waals surface area contributed by atoms with Gasteiger partial charge >= 0.3 is 0 Å². The van der Waals surface area contributed by atoms with Gasteiger partial charge < -0.3 is 15.7 Å². The minimum atomic E-state index is 0.122. The van der Waals surface area contributed by atoms with Gasteiger partial charge in [-0.15, -0.1) is 11.8 Å². The highest BCUT2D eigenvalue weighted by Gasteiger charge is 2.26. The number of rotatable bonds is 3. The van der Waals surface area contributed by atoms with Gasteiger partial charge in [0.15, 0.2) is 5.84 Å². The van der Waals surface area contributed by atoms with E-state index in [1.165, 1.54) is 0 Å². The van der Waals surface area contributed by atoms with Crippen molar-refractivity contribution in [1.29, 1.82) is 0 Å². The molecule has 1 aliphatic rings. The summed E-state index contributed by atoms with van der Waals surface area (Å²) in [6.07, 6.45) is 1.25. The fourth-order valence-corrected chi connectivity index (χ4v) is 3.93. The predicted octanol–water partition coefficient (Wildman–Crippen LogP) is 2.81. The molecule has 1 fully saturated rings. The third kappa shape index (κ3) is 2.81. The molecule has 0 radical (unpaired) electrons. The lowest BCUT2D eigenvalue weighted by atomic mass is 10.2. The molecule has 98 valence electrons. The van der Waals surface area contributed by atoms with Crippen LogP contribution in [0.1, 0.15) is 18.9 Å². The second kappa shape index (κ2) is 5.95. The molecule has 2 unspecified atom stereocenters. The first-order chi connectivity index (χ1) is 8.63. The maximum Gasteiger partial charge on any atom is 0.172 e. The van der Waals surface area contributed by atoms with Crippen LogP contribution in [0.4, 0.5) is 0 Å². The molecule has 1 heterocycles. The first kappa shape index (κ1) is 13.7. The molecule has 1 aliphatic heterocycles. The summed E-state index contributed by atoms with van der Waals surface area (Å²) in [5.41, 5.74) is 6.47. The predicted molar refractivity (Wildman–Crippen MR) is 76.3 cm³/mol. The quantitative estimate of drug-likeness (QED) is 0.387. The zero-order valence-electron chi connectivity index (χ0n) is 9.97. The van der Waals surface area contributed by atoms with E-state index in [1.54, 1.807) is 11.8 Å². The van der Waals surface area contributed by atoms with Gasteiger partial charge in [0.05, 0.1) is 6.10 Å². The highest BCUT2D eigenvalue weighted by molar-refractivity contribution is 9.10. The third-order valence-electron chi connectivity index (χ3n) is 2.92. The van der Waals surface area contributed by atoms with Crippen LogP contribution in [0, 0.1) is 0 Å². The van der Waals surface area contributed by atoms with Crippen LogP contribution in [0.15, 0.2) is 32.7 Å². The third-order valence-corrected chi connectivity index (χ3v) is 5.10. The van der Waals surface area contributed by atoms with Crippen molar-refractivity contribution in [2.24, 2.45) is 10.9 Å². The number of ether oxygens (including phenoxy) is 1. The fourth-order valence-electron chi connectivity index (χ4n) is 1.93. The van der Waals surface area contributed by atoms with Crippen LogP contribution in [0.3, 0.4) is 0 Å². The number of halogens is 1. The number of nitrogens with two attached hydrogens (primary N) is 1. The highest BCUT2D eigenvalue weighted by Crippen LogP contribution is 2.36. The van der Waals surface area contributed by atoms with Crippen LogP contribution >= 0.6 is 27.7 Å². The monoisotopic (exact) mass is 330 g/mol. The summed E-state index contributed by atoms with van der Waals surface area (Å²) in [5.74, 6) is 0.122.